The smallest absolute Gasteiger partial charge is 0.147 e. The van der Waals surface area contributed by atoms with Crippen LogP contribution in [0.3, 0.4) is 0 Å². The van der Waals surface area contributed by atoms with E-state index in [1.165, 1.54) is 5.56 Å². The van der Waals surface area contributed by atoms with Crippen molar-refractivity contribution in [2.75, 3.05) is 45.9 Å². The summed E-state index contributed by atoms with van der Waals surface area (Å²) in [6, 6.07) is 4.27. The molecule has 22 heavy (non-hydrogen) atoms. The SMILES string of the molecule is CCCOc1c(Br)cc(CNCCN2CCNCC2)cc1Br. The van der Waals surface area contributed by atoms with E-state index < -0.39 is 0 Å². The van der Waals surface area contributed by atoms with Crippen LogP contribution in [0.15, 0.2) is 21.1 Å². The van der Waals surface area contributed by atoms with Crippen LogP contribution in [0.1, 0.15) is 18.9 Å². The molecule has 1 aliphatic rings. The van der Waals surface area contributed by atoms with Crippen LogP contribution in [-0.4, -0.2) is 50.8 Å². The van der Waals surface area contributed by atoms with E-state index in [1.807, 2.05) is 0 Å². The Bertz CT molecular complexity index is 442. The van der Waals surface area contributed by atoms with Crippen molar-refractivity contribution < 1.29 is 4.74 Å². The van der Waals surface area contributed by atoms with E-state index in [9.17, 15) is 0 Å². The number of nitrogens with one attached hydrogen (secondary N) is 2. The maximum atomic E-state index is 5.75. The van der Waals surface area contributed by atoms with E-state index in [1.54, 1.807) is 0 Å². The van der Waals surface area contributed by atoms with Crippen molar-refractivity contribution in [1.29, 1.82) is 0 Å². The predicted molar refractivity (Wildman–Crippen MR) is 98.6 cm³/mol. The Kier molecular flexibility index (Phi) is 8.17. The highest BCUT2D eigenvalue weighted by atomic mass is 79.9. The molecule has 1 aromatic carbocycles. The number of ether oxygens (including phenoxy) is 1. The summed E-state index contributed by atoms with van der Waals surface area (Å²) in [5.41, 5.74) is 1.25. The summed E-state index contributed by atoms with van der Waals surface area (Å²) in [7, 11) is 0. The quantitative estimate of drug-likeness (QED) is 0.616. The van der Waals surface area contributed by atoms with Gasteiger partial charge in [0.25, 0.3) is 0 Å². The van der Waals surface area contributed by atoms with Gasteiger partial charge in [0.15, 0.2) is 0 Å². The minimum atomic E-state index is 0.736. The number of nitrogens with zero attached hydrogens (tertiary/aromatic N) is 1. The van der Waals surface area contributed by atoms with Crippen LogP contribution >= 0.6 is 31.9 Å². The van der Waals surface area contributed by atoms with E-state index in [0.29, 0.717) is 0 Å². The van der Waals surface area contributed by atoms with Crippen LogP contribution in [0.25, 0.3) is 0 Å². The van der Waals surface area contributed by atoms with Crippen LogP contribution in [0.2, 0.25) is 0 Å². The monoisotopic (exact) mass is 433 g/mol. The Morgan fingerprint density at radius 1 is 1.23 bits per heavy atom. The highest BCUT2D eigenvalue weighted by Gasteiger charge is 2.10. The standard InChI is InChI=1S/C16H25Br2N3O/c1-2-9-22-16-14(17)10-13(11-15(16)18)12-20-5-8-21-6-3-19-4-7-21/h10-11,19-20H,2-9,12H2,1H3. The molecule has 2 rings (SSSR count). The molecule has 124 valence electrons. The third-order valence-corrected chi connectivity index (χ3v) is 4.83. The molecule has 0 aliphatic carbocycles. The first-order chi connectivity index (χ1) is 10.7. The van der Waals surface area contributed by atoms with Gasteiger partial charge in [-0.3, -0.25) is 4.90 Å². The van der Waals surface area contributed by atoms with Crippen molar-refractivity contribution in [3.05, 3.63) is 26.6 Å². The lowest BCUT2D eigenvalue weighted by atomic mass is 10.2. The first-order valence-electron chi connectivity index (χ1n) is 7.95. The molecule has 0 spiro atoms. The Morgan fingerprint density at radius 3 is 2.55 bits per heavy atom. The number of benzene rings is 1. The van der Waals surface area contributed by atoms with Gasteiger partial charge in [0.05, 0.1) is 15.6 Å². The average molecular weight is 435 g/mol. The second-order valence-electron chi connectivity index (χ2n) is 5.51. The molecule has 1 aliphatic heterocycles. The normalized spacial score (nSPS) is 16.0. The maximum Gasteiger partial charge on any atom is 0.147 e. The first kappa shape index (κ1) is 18.2. The van der Waals surface area contributed by atoms with E-state index in [4.69, 9.17) is 4.74 Å². The molecular weight excluding hydrogens is 410 g/mol. The third kappa shape index (κ3) is 5.81. The Morgan fingerprint density at radius 2 is 1.91 bits per heavy atom. The van der Waals surface area contributed by atoms with Gasteiger partial charge in [0, 0.05) is 45.8 Å². The zero-order valence-electron chi connectivity index (χ0n) is 13.1. The molecule has 1 heterocycles. The van der Waals surface area contributed by atoms with Crippen LogP contribution in [-0.2, 0) is 6.54 Å². The fraction of sp³-hybridized carbons (Fsp3) is 0.625. The molecular formula is C16H25Br2N3O. The third-order valence-electron chi connectivity index (χ3n) is 3.65. The van der Waals surface area contributed by atoms with Gasteiger partial charge in [-0.05, 0) is 56.0 Å². The summed E-state index contributed by atoms with van der Waals surface area (Å²) in [6.07, 6.45) is 1.01. The van der Waals surface area contributed by atoms with Crippen LogP contribution in [0.5, 0.6) is 5.75 Å². The molecule has 1 saturated heterocycles. The topological polar surface area (TPSA) is 36.5 Å². The van der Waals surface area contributed by atoms with Crippen molar-refractivity contribution in [1.82, 2.24) is 15.5 Å². The van der Waals surface area contributed by atoms with E-state index in [2.05, 4.69) is 66.4 Å². The van der Waals surface area contributed by atoms with Gasteiger partial charge in [0.1, 0.15) is 5.75 Å². The molecule has 4 nitrogen and oxygen atoms in total. The number of hydrogen-bond donors (Lipinski definition) is 2. The van der Waals surface area contributed by atoms with E-state index >= 15 is 0 Å². The summed E-state index contributed by atoms with van der Waals surface area (Å²) >= 11 is 7.20. The average Bonchev–Trinajstić information content (AvgIpc) is 2.52. The second kappa shape index (κ2) is 9.88. The number of halogens is 2. The van der Waals surface area contributed by atoms with Gasteiger partial charge in [0.2, 0.25) is 0 Å². The molecule has 0 amide bonds. The summed E-state index contributed by atoms with van der Waals surface area (Å²) in [5, 5.41) is 6.90. The van der Waals surface area contributed by atoms with Gasteiger partial charge in [-0.15, -0.1) is 0 Å². The maximum absolute atomic E-state index is 5.75. The van der Waals surface area contributed by atoms with Crippen LogP contribution in [0, 0.1) is 0 Å². The van der Waals surface area contributed by atoms with Gasteiger partial charge in [-0.1, -0.05) is 6.92 Å². The molecule has 0 bridgehead atoms. The number of rotatable bonds is 8. The Hall–Kier alpha value is -0.140. The minimum absolute atomic E-state index is 0.736. The molecule has 0 aromatic heterocycles. The van der Waals surface area contributed by atoms with Gasteiger partial charge < -0.3 is 15.4 Å². The molecule has 0 radical (unpaired) electrons. The Labute approximate surface area is 150 Å². The number of hydrogen-bond acceptors (Lipinski definition) is 4. The van der Waals surface area contributed by atoms with Crippen molar-refractivity contribution in [2.24, 2.45) is 0 Å². The van der Waals surface area contributed by atoms with Crippen molar-refractivity contribution in [3.63, 3.8) is 0 Å². The fourth-order valence-corrected chi connectivity index (χ4v) is 3.97. The summed E-state index contributed by atoms with van der Waals surface area (Å²) in [5.74, 6) is 0.895. The fourth-order valence-electron chi connectivity index (χ4n) is 2.46. The van der Waals surface area contributed by atoms with E-state index in [-0.39, 0.29) is 0 Å². The van der Waals surface area contributed by atoms with Crippen molar-refractivity contribution >= 4 is 31.9 Å². The van der Waals surface area contributed by atoms with Crippen LogP contribution < -0.4 is 15.4 Å². The molecule has 0 atom stereocenters. The zero-order valence-corrected chi connectivity index (χ0v) is 16.3. The lowest BCUT2D eigenvalue weighted by Gasteiger charge is -2.27. The van der Waals surface area contributed by atoms with Crippen molar-refractivity contribution in [2.45, 2.75) is 19.9 Å². The van der Waals surface area contributed by atoms with Crippen LogP contribution in [0.4, 0.5) is 0 Å². The van der Waals surface area contributed by atoms with E-state index in [0.717, 1.165) is 73.5 Å². The van der Waals surface area contributed by atoms with Crippen molar-refractivity contribution in [3.8, 4) is 5.75 Å². The molecule has 6 heteroatoms. The van der Waals surface area contributed by atoms with Gasteiger partial charge in [-0.25, -0.2) is 0 Å². The molecule has 1 fully saturated rings. The second-order valence-corrected chi connectivity index (χ2v) is 7.21. The lowest BCUT2D eigenvalue weighted by molar-refractivity contribution is 0.241. The summed E-state index contributed by atoms with van der Waals surface area (Å²) in [6.45, 7) is 10.4. The highest BCUT2D eigenvalue weighted by molar-refractivity contribution is 9.11. The largest absolute Gasteiger partial charge is 0.491 e. The van der Waals surface area contributed by atoms with Gasteiger partial charge in [-0.2, -0.15) is 0 Å². The highest BCUT2D eigenvalue weighted by Crippen LogP contribution is 2.34. The number of piperazine rings is 1. The molecule has 0 saturated carbocycles. The minimum Gasteiger partial charge on any atom is -0.491 e. The summed E-state index contributed by atoms with van der Waals surface area (Å²) < 4.78 is 7.77. The summed E-state index contributed by atoms with van der Waals surface area (Å²) in [4.78, 5) is 2.50. The predicted octanol–water partition coefficient (Wildman–Crippen LogP) is 3.00. The first-order valence-corrected chi connectivity index (χ1v) is 9.54. The van der Waals surface area contributed by atoms with Gasteiger partial charge >= 0.3 is 0 Å². The zero-order chi connectivity index (χ0) is 15.8. The lowest BCUT2D eigenvalue weighted by Crippen LogP contribution is -2.45. The molecule has 1 aromatic rings. The Balaban J connectivity index is 1.77. The molecule has 2 N–H and O–H groups in total. The molecule has 0 unspecified atom stereocenters.